The molecular weight excluding hydrogens is 404 g/mol. The maximum absolute atomic E-state index is 3.74. The van der Waals surface area contributed by atoms with Gasteiger partial charge in [0, 0.05) is 4.47 Å². The molecule has 0 saturated carbocycles. The van der Waals surface area contributed by atoms with E-state index in [4.69, 9.17) is 0 Å². The molecule has 0 amide bonds. The highest BCUT2D eigenvalue weighted by Gasteiger charge is 2.03. The van der Waals surface area contributed by atoms with Crippen LogP contribution in [0.3, 0.4) is 0 Å². The molecule has 4 rings (SSSR count). The van der Waals surface area contributed by atoms with Crippen molar-refractivity contribution in [3.05, 3.63) is 118 Å². The molecule has 0 fully saturated rings. The van der Waals surface area contributed by atoms with Gasteiger partial charge in [0.15, 0.2) is 0 Å². The highest BCUT2D eigenvalue weighted by atomic mass is 79.9. The molecule has 136 valence electrons. The third-order valence-corrected chi connectivity index (χ3v) is 5.62. The van der Waals surface area contributed by atoms with Crippen LogP contribution in [0.5, 0.6) is 0 Å². The largest absolute Gasteiger partial charge is 0.0622 e. The van der Waals surface area contributed by atoms with Crippen LogP contribution in [0.1, 0.15) is 16.7 Å². The summed E-state index contributed by atoms with van der Waals surface area (Å²) in [7, 11) is 0. The predicted molar refractivity (Wildman–Crippen MR) is 125 cm³/mol. The molecule has 0 bridgehead atoms. The lowest BCUT2D eigenvalue weighted by molar-refractivity contribution is 1.44. The molecule has 28 heavy (non-hydrogen) atoms. The Labute approximate surface area is 175 Å². The number of rotatable bonds is 4. The number of halogens is 1. The molecule has 0 saturated heterocycles. The number of aryl methyl sites for hydroxylation is 1. The van der Waals surface area contributed by atoms with Gasteiger partial charge in [-0.05, 0) is 58.0 Å². The van der Waals surface area contributed by atoms with Gasteiger partial charge in [-0.3, -0.25) is 0 Å². The first-order valence-electron chi connectivity index (χ1n) is 9.40. The summed E-state index contributed by atoms with van der Waals surface area (Å²) in [6.07, 6.45) is 4.38. The summed E-state index contributed by atoms with van der Waals surface area (Å²) in [5, 5.41) is 0. The minimum Gasteiger partial charge on any atom is -0.0622 e. The highest BCUT2D eigenvalue weighted by molar-refractivity contribution is 9.10. The van der Waals surface area contributed by atoms with Gasteiger partial charge < -0.3 is 0 Å². The van der Waals surface area contributed by atoms with E-state index in [9.17, 15) is 0 Å². The van der Waals surface area contributed by atoms with Crippen LogP contribution in [0.4, 0.5) is 0 Å². The number of hydrogen-bond acceptors (Lipinski definition) is 0. The van der Waals surface area contributed by atoms with E-state index in [1.165, 1.54) is 38.9 Å². The van der Waals surface area contributed by atoms with Crippen LogP contribution >= 0.6 is 15.9 Å². The highest BCUT2D eigenvalue weighted by Crippen LogP contribution is 2.28. The lowest BCUT2D eigenvalue weighted by atomic mass is 9.98. The maximum Gasteiger partial charge on any atom is 0.0253 e. The van der Waals surface area contributed by atoms with Crippen molar-refractivity contribution >= 4 is 28.1 Å². The monoisotopic (exact) mass is 424 g/mol. The molecule has 0 aromatic heterocycles. The van der Waals surface area contributed by atoms with Gasteiger partial charge in [-0.25, -0.2) is 0 Å². The van der Waals surface area contributed by atoms with E-state index in [1.54, 1.807) is 0 Å². The first kappa shape index (κ1) is 18.5. The van der Waals surface area contributed by atoms with Crippen molar-refractivity contribution < 1.29 is 0 Å². The first-order valence-corrected chi connectivity index (χ1v) is 10.2. The molecule has 0 aliphatic carbocycles. The summed E-state index contributed by atoms with van der Waals surface area (Å²) in [5.41, 5.74) is 8.60. The SMILES string of the molecule is Cc1ccc(-c2ccccc2)cc1C=Cc1ccc(-c2ccccc2)cc1Br. The third kappa shape index (κ3) is 4.16. The van der Waals surface area contributed by atoms with Gasteiger partial charge in [0.25, 0.3) is 0 Å². The number of hydrogen-bond donors (Lipinski definition) is 0. The van der Waals surface area contributed by atoms with Crippen molar-refractivity contribution in [2.24, 2.45) is 0 Å². The molecule has 0 aliphatic rings. The Hall–Kier alpha value is -2.90. The molecule has 4 aromatic carbocycles. The maximum atomic E-state index is 3.74. The third-order valence-electron chi connectivity index (χ3n) is 4.94. The Morgan fingerprint density at radius 3 is 1.68 bits per heavy atom. The molecule has 0 N–H and O–H groups in total. The summed E-state index contributed by atoms with van der Waals surface area (Å²) in [5.74, 6) is 0. The van der Waals surface area contributed by atoms with E-state index in [-0.39, 0.29) is 0 Å². The van der Waals surface area contributed by atoms with E-state index >= 15 is 0 Å². The van der Waals surface area contributed by atoms with Crippen LogP contribution < -0.4 is 0 Å². The van der Waals surface area contributed by atoms with Gasteiger partial charge in [0.05, 0.1) is 0 Å². The molecule has 0 spiro atoms. The summed E-state index contributed by atoms with van der Waals surface area (Å²) in [6, 6.07) is 34.1. The number of benzene rings is 4. The quantitative estimate of drug-likeness (QED) is 0.289. The zero-order chi connectivity index (χ0) is 19.3. The van der Waals surface area contributed by atoms with Crippen molar-refractivity contribution in [3.8, 4) is 22.3 Å². The predicted octanol–water partition coefficient (Wildman–Crippen LogP) is 8.26. The second kappa shape index (κ2) is 8.41. The summed E-state index contributed by atoms with van der Waals surface area (Å²) in [4.78, 5) is 0. The summed E-state index contributed by atoms with van der Waals surface area (Å²) in [6.45, 7) is 2.15. The topological polar surface area (TPSA) is 0 Å². The van der Waals surface area contributed by atoms with Crippen LogP contribution in [0.15, 0.2) is 102 Å². The molecule has 0 radical (unpaired) electrons. The molecule has 0 aliphatic heterocycles. The van der Waals surface area contributed by atoms with Crippen molar-refractivity contribution in [1.29, 1.82) is 0 Å². The fraction of sp³-hybridized carbons (Fsp3) is 0.0370. The van der Waals surface area contributed by atoms with E-state index < -0.39 is 0 Å². The average Bonchev–Trinajstić information content (AvgIpc) is 2.75. The molecule has 0 heterocycles. The minimum atomic E-state index is 1.10. The van der Waals surface area contributed by atoms with Crippen LogP contribution in [-0.4, -0.2) is 0 Å². The van der Waals surface area contributed by atoms with Crippen LogP contribution in [-0.2, 0) is 0 Å². The smallest absolute Gasteiger partial charge is 0.0253 e. The summed E-state index contributed by atoms with van der Waals surface area (Å²) < 4.78 is 1.10. The lowest BCUT2D eigenvalue weighted by Crippen LogP contribution is -1.85. The molecule has 0 atom stereocenters. The van der Waals surface area contributed by atoms with Crippen LogP contribution in [0.2, 0.25) is 0 Å². The van der Waals surface area contributed by atoms with Gasteiger partial charge in [-0.2, -0.15) is 0 Å². The Kier molecular flexibility index (Phi) is 5.55. The fourth-order valence-electron chi connectivity index (χ4n) is 3.28. The van der Waals surface area contributed by atoms with Crippen molar-refractivity contribution in [2.45, 2.75) is 6.92 Å². The Morgan fingerprint density at radius 1 is 0.536 bits per heavy atom. The van der Waals surface area contributed by atoms with Crippen molar-refractivity contribution in [2.75, 3.05) is 0 Å². The molecule has 1 heteroatoms. The van der Waals surface area contributed by atoms with E-state index in [2.05, 4.69) is 126 Å². The minimum absolute atomic E-state index is 1.10. The Morgan fingerprint density at radius 2 is 1.07 bits per heavy atom. The summed E-state index contributed by atoms with van der Waals surface area (Å²) >= 11 is 3.74. The van der Waals surface area contributed by atoms with Gasteiger partial charge >= 0.3 is 0 Å². The molecular formula is C27H21Br. The Balaban J connectivity index is 1.63. The second-order valence-electron chi connectivity index (χ2n) is 6.87. The molecule has 0 unspecified atom stereocenters. The van der Waals surface area contributed by atoms with Crippen molar-refractivity contribution in [1.82, 2.24) is 0 Å². The first-order chi connectivity index (χ1) is 13.7. The van der Waals surface area contributed by atoms with E-state index in [0.717, 1.165) is 4.47 Å². The van der Waals surface area contributed by atoms with E-state index in [1.807, 2.05) is 6.07 Å². The zero-order valence-electron chi connectivity index (χ0n) is 15.8. The van der Waals surface area contributed by atoms with Gasteiger partial charge in [-0.1, -0.05) is 113 Å². The van der Waals surface area contributed by atoms with Crippen molar-refractivity contribution in [3.63, 3.8) is 0 Å². The van der Waals surface area contributed by atoms with Gasteiger partial charge in [0.1, 0.15) is 0 Å². The standard InChI is InChI=1S/C27H21Br/c1-20-12-13-25(21-8-4-2-5-9-21)18-24(20)16-14-23-15-17-26(19-27(23)28)22-10-6-3-7-11-22/h2-19H,1H3. The molecule has 4 aromatic rings. The normalized spacial score (nSPS) is 11.1. The fourth-order valence-corrected chi connectivity index (χ4v) is 3.79. The molecule has 0 nitrogen and oxygen atoms in total. The van der Waals surface area contributed by atoms with Gasteiger partial charge in [0.2, 0.25) is 0 Å². The second-order valence-corrected chi connectivity index (χ2v) is 7.73. The van der Waals surface area contributed by atoms with E-state index in [0.29, 0.717) is 0 Å². The Bertz CT molecular complexity index is 1110. The van der Waals surface area contributed by atoms with Crippen LogP contribution in [0.25, 0.3) is 34.4 Å². The van der Waals surface area contributed by atoms with Gasteiger partial charge in [-0.15, -0.1) is 0 Å². The average molecular weight is 425 g/mol. The van der Waals surface area contributed by atoms with Crippen LogP contribution in [0, 0.1) is 6.92 Å². The zero-order valence-corrected chi connectivity index (χ0v) is 17.4. The lowest BCUT2D eigenvalue weighted by Gasteiger charge is -2.07.